The Morgan fingerprint density at radius 3 is 2.45 bits per heavy atom. The van der Waals surface area contributed by atoms with E-state index in [0.29, 0.717) is 0 Å². The number of nitrogens with zero attached hydrogens (tertiary/aromatic N) is 1. The summed E-state index contributed by atoms with van der Waals surface area (Å²) in [5.74, 6) is -1.19. The Kier molecular flexibility index (Phi) is 4.44. The molecule has 108 valence electrons. The number of anilines is 1. The summed E-state index contributed by atoms with van der Waals surface area (Å²) < 4.78 is 0. The second-order valence-corrected chi connectivity index (χ2v) is 5.36. The second kappa shape index (κ2) is 5.68. The lowest BCUT2D eigenvalue weighted by atomic mass is 9.89. The van der Waals surface area contributed by atoms with Crippen LogP contribution in [-0.2, 0) is 9.59 Å². The molecule has 0 aromatic heterocycles. The van der Waals surface area contributed by atoms with Crippen LogP contribution in [0, 0.1) is 15.5 Å². The molecular formula is C13H16N2O5. The molecule has 1 aromatic rings. The van der Waals surface area contributed by atoms with Crippen molar-refractivity contribution in [3.63, 3.8) is 0 Å². The molecule has 7 nitrogen and oxygen atoms in total. The number of non-ortho nitro benzene ring substituents is 1. The van der Waals surface area contributed by atoms with Crippen LogP contribution in [0.4, 0.5) is 11.4 Å². The van der Waals surface area contributed by atoms with E-state index < -0.39 is 16.2 Å². The first-order chi connectivity index (χ1) is 9.11. The highest BCUT2D eigenvalue weighted by atomic mass is 16.6. The largest absolute Gasteiger partial charge is 0.506 e. The number of rotatable bonds is 4. The lowest BCUT2D eigenvalue weighted by molar-refractivity contribution is -0.384. The van der Waals surface area contributed by atoms with E-state index in [1.807, 2.05) is 0 Å². The maximum Gasteiger partial charge on any atom is 0.271 e. The van der Waals surface area contributed by atoms with Crippen LogP contribution < -0.4 is 5.32 Å². The molecule has 7 heteroatoms. The first-order valence-electron chi connectivity index (χ1n) is 5.92. The molecule has 2 N–H and O–H groups in total. The average molecular weight is 280 g/mol. The Hall–Kier alpha value is -2.44. The van der Waals surface area contributed by atoms with Crippen LogP contribution >= 0.6 is 0 Å². The van der Waals surface area contributed by atoms with Crippen molar-refractivity contribution < 1.29 is 19.6 Å². The van der Waals surface area contributed by atoms with Crippen LogP contribution in [0.2, 0.25) is 0 Å². The van der Waals surface area contributed by atoms with E-state index in [-0.39, 0.29) is 29.3 Å². The summed E-state index contributed by atoms with van der Waals surface area (Å²) in [6.07, 6.45) is -0.356. The highest BCUT2D eigenvalue weighted by molar-refractivity contribution is 6.06. The zero-order valence-corrected chi connectivity index (χ0v) is 11.5. The summed E-state index contributed by atoms with van der Waals surface area (Å²) in [7, 11) is 0. The van der Waals surface area contributed by atoms with E-state index in [1.165, 1.54) is 0 Å². The van der Waals surface area contributed by atoms with E-state index in [0.717, 1.165) is 18.2 Å². The molecular weight excluding hydrogens is 264 g/mol. The number of hydrogen-bond donors (Lipinski definition) is 2. The van der Waals surface area contributed by atoms with Gasteiger partial charge in [-0.05, 0) is 6.07 Å². The number of carbonyl (C=O) groups is 2. The molecule has 0 unspecified atom stereocenters. The van der Waals surface area contributed by atoms with Crippen molar-refractivity contribution in [1.82, 2.24) is 0 Å². The molecule has 0 radical (unpaired) electrons. The van der Waals surface area contributed by atoms with Gasteiger partial charge in [0.25, 0.3) is 5.69 Å². The Bertz CT molecular complexity index is 560. The number of carbonyl (C=O) groups excluding carboxylic acids is 2. The van der Waals surface area contributed by atoms with E-state index in [9.17, 15) is 24.8 Å². The Labute approximate surface area is 115 Å². The summed E-state index contributed by atoms with van der Waals surface area (Å²) in [5.41, 5.74) is -1.01. The maximum absolute atomic E-state index is 11.7. The third-order valence-corrected chi connectivity index (χ3v) is 2.62. The maximum atomic E-state index is 11.7. The molecule has 0 aliphatic rings. The highest BCUT2D eigenvalue weighted by Crippen LogP contribution is 2.28. The average Bonchev–Trinajstić information content (AvgIpc) is 2.30. The van der Waals surface area contributed by atoms with Gasteiger partial charge in [0.15, 0.2) is 0 Å². The molecule has 0 fully saturated rings. The minimum absolute atomic E-state index is 0.0918. The van der Waals surface area contributed by atoms with Gasteiger partial charge in [0.2, 0.25) is 5.91 Å². The minimum atomic E-state index is -0.651. The molecule has 20 heavy (non-hydrogen) atoms. The van der Waals surface area contributed by atoms with Crippen LogP contribution in [0.15, 0.2) is 18.2 Å². The summed E-state index contributed by atoms with van der Waals surface area (Å²) in [5, 5.41) is 22.4. The SMILES string of the molecule is CC(C)(C)C(=O)CC(=O)Nc1cc([N+](=O)[O-])ccc1O. The Morgan fingerprint density at radius 1 is 1.35 bits per heavy atom. The zero-order chi connectivity index (χ0) is 15.5. The molecule has 0 bridgehead atoms. The molecule has 0 atom stereocenters. The van der Waals surface area contributed by atoms with Crippen molar-refractivity contribution in [1.29, 1.82) is 0 Å². The number of Topliss-reactive ketones (excluding diaryl/α,β-unsaturated/α-hetero) is 1. The van der Waals surface area contributed by atoms with E-state index in [1.54, 1.807) is 20.8 Å². The van der Waals surface area contributed by atoms with E-state index in [2.05, 4.69) is 5.32 Å². The van der Waals surface area contributed by atoms with Crippen LogP contribution in [-0.4, -0.2) is 21.7 Å². The van der Waals surface area contributed by atoms with Crippen molar-refractivity contribution in [2.24, 2.45) is 5.41 Å². The standard InChI is InChI=1S/C13H16N2O5/c1-13(2,3)11(17)7-12(18)14-9-6-8(15(19)20)4-5-10(9)16/h4-6,16H,7H2,1-3H3,(H,14,18). The van der Waals surface area contributed by atoms with Gasteiger partial charge in [-0.15, -0.1) is 0 Å². The van der Waals surface area contributed by atoms with Gasteiger partial charge in [0.05, 0.1) is 17.0 Å². The minimum Gasteiger partial charge on any atom is -0.506 e. The van der Waals surface area contributed by atoms with Gasteiger partial charge in [-0.25, -0.2) is 0 Å². The molecule has 0 saturated heterocycles. The van der Waals surface area contributed by atoms with Gasteiger partial charge in [-0.2, -0.15) is 0 Å². The topological polar surface area (TPSA) is 110 Å². The van der Waals surface area contributed by atoms with Crippen molar-refractivity contribution in [2.45, 2.75) is 27.2 Å². The fourth-order valence-electron chi connectivity index (χ4n) is 1.34. The highest BCUT2D eigenvalue weighted by Gasteiger charge is 2.24. The van der Waals surface area contributed by atoms with Gasteiger partial charge in [0.1, 0.15) is 11.5 Å². The number of hydrogen-bond acceptors (Lipinski definition) is 5. The van der Waals surface area contributed by atoms with Gasteiger partial charge < -0.3 is 10.4 Å². The number of nitro groups is 1. The third kappa shape index (κ3) is 4.04. The van der Waals surface area contributed by atoms with Crippen molar-refractivity contribution in [3.05, 3.63) is 28.3 Å². The zero-order valence-electron chi connectivity index (χ0n) is 11.5. The number of amides is 1. The van der Waals surface area contributed by atoms with Gasteiger partial charge >= 0.3 is 0 Å². The number of benzene rings is 1. The molecule has 1 rings (SSSR count). The molecule has 0 spiro atoms. The monoisotopic (exact) mass is 280 g/mol. The number of nitro benzene ring substituents is 1. The van der Waals surface area contributed by atoms with Crippen LogP contribution in [0.3, 0.4) is 0 Å². The van der Waals surface area contributed by atoms with Crippen LogP contribution in [0.1, 0.15) is 27.2 Å². The molecule has 0 aliphatic carbocycles. The van der Waals surface area contributed by atoms with Crippen molar-refractivity contribution in [2.75, 3.05) is 5.32 Å². The molecule has 0 saturated carbocycles. The van der Waals surface area contributed by atoms with Gasteiger partial charge in [0, 0.05) is 17.5 Å². The molecule has 1 aromatic carbocycles. The van der Waals surface area contributed by atoms with Crippen molar-refractivity contribution in [3.8, 4) is 5.75 Å². The van der Waals surface area contributed by atoms with Gasteiger partial charge in [-0.3, -0.25) is 19.7 Å². The fourth-order valence-corrected chi connectivity index (χ4v) is 1.34. The Balaban J connectivity index is 2.83. The van der Waals surface area contributed by atoms with Crippen molar-refractivity contribution >= 4 is 23.1 Å². The normalized spacial score (nSPS) is 10.9. The number of phenols is 1. The van der Waals surface area contributed by atoms with Crippen LogP contribution in [0.5, 0.6) is 5.75 Å². The summed E-state index contributed by atoms with van der Waals surface area (Å²) >= 11 is 0. The quantitative estimate of drug-likeness (QED) is 0.380. The molecule has 0 aliphatic heterocycles. The second-order valence-electron chi connectivity index (χ2n) is 5.36. The summed E-state index contributed by atoms with van der Waals surface area (Å²) in [6.45, 7) is 5.06. The number of phenolic OH excluding ortho intramolecular Hbond substituents is 1. The molecule has 0 heterocycles. The number of aromatic hydroxyl groups is 1. The summed E-state index contributed by atoms with van der Waals surface area (Å²) in [4.78, 5) is 33.4. The van der Waals surface area contributed by atoms with Crippen LogP contribution in [0.25, 0.3) is 0 Å². The van der Waals surface area contributed by atoms with E-state index in [4.69, 9.17) is 0 Å². The van der Waals surface area contributed by atoms with Gasteiger partial charge in [-0.1, -0.05) is 20.8 Å². The first-order valence-corrected chi connectivity index (χ1v) is 5.92. The predicted molar refractivity (Wildman–Crippen MR) is 72.5 cm³/mol. The lowest BCUT2D eigenvalue weighted by Gasteiger charge is -2.16. The number of ketones is 1. The predicted octanol–water partition coefficient (Wildman–Crippen LogP) is 2.24. The third-order valence-electron chi connectivity index (χ3n) is 2.62. The smallest absolute Gasteiger partial charge is 0.271 e. The lowest BCUT2D eigenvalue weighted by Crippen LogP contribution is -2.26. The first kappa shape index (κ1) is 15.6. The summed E-state index contributed by atoms with van der Waals surface area (Å²) in [6, 6.07) is 3.26. The van der Waals surface area contributed by atoms with E-state index >= 15 is 0 Å². The Morgan fingerprint density at radius 2 is 1.95 bits per heavy atom. The molecule has 1 amide bonds. The fraction of sp³-hybridized carbons (Fsp3) is 0.385. The number of nitrogens with one attached hydrogen (secondary N) is 1.